The van der Waals surface area contributed by atoms with Crippen LogP contribution in [0.2, 0.25) is 5.02 Å². The second-order valence-electron chi connectivity index (χ2n) is 5.22. The minimum atomic E-state index is -0.417. The predicted octanol–water partition coefficient (Wildman–Crippen LogP) is 3.06. The molecule has 1 aromatic carbocycles. The predicted molar refractivity (Wildman–Crippen MR) is 80.0 cm³/mol. The minimum Gasteiger partial charge on any atom is -0.337 e. The second-order valence-corrected chi connectivity index (χ2v) is 5.65. The molecule has 2 N–H and O–H groups in total. The van der Waals surface area contributed by atoms with E-state index in [1.165, 1.54) is 0 Å². The van der Waals surface area contributed by atoms with Crippen LogP contribution in [-0.4, -0.2) is 23.4 Å². The molecule has 0 aliphatic carbocycles. The molecule has 0 aliphatic rings. The molecule has 106 valence electrons. The van der Waals surface area contributed by atoms with Crippen molar-refractivity contribution in [1.29, 1.82) is 0 Å². The average molecular weight is 283 g/mol. The molecule has 19 heavy (non-hydrogen) atoms. The van der Waals surface area contributed by atoms with Gasteiger partial charge in [-0.3, -0.25) is 4.79 Å². The summed E-state index contributed by atoms with van der Waals surface area (Å²) in [6.45, 7) is 7.31. The van der Waals surface area contributed by atoms with E-state index in [1.807, 2.05) is 31.2 Å². The lowest BCUT2D eigenvalue weighted by Crippen LogP contribution is -2.43. The molecular formula is C15H23ClN2O. The van der Waals surface area contributed by atoms with Gasteiger partial charge in [0.1, 0.15) is 0 Å². The van der Waals surface area contributed by atoms with Crippen LogP contribution < -0.4 is 5.73 Å². The zero-order chi connectivity index (χ0) is 14.4. The van der Waals surface area contributed by atoms with Gasteiger partial charge < -0.3 is 10.6 Å². The summed E-state index contributed by atoms with van der Waals surface area (Å²) in [5.74, 6) is 0.431. The van der Waals surface area contributed by atoms with E-state index in [2.05, 4.69) is 13.8 Å². The molecule has 4 heteroatoms. The van der Waals surface area contributed by atoms with Gasteiger partial charge in [0.25, 0.3) is 0 Å². The lowest BCUT2D eigenvalue weighted by molar-refractivity contribution is -0.133. The minimum absolute atomic E-state index is 0.0103. The fourth-order valence-electron chi connectivity index (χ4n) is 2.04. The third-order valence-electron chi connectivity index (χ3n) is 3.00. The maximum atomic E-state index is 12.3. The quantitative estimate of drug-likeness (QED) is 0.872. The molecule has 0 aliphatic heterocycles. The van der Waals surface area contributed by atoms with E-state index in [4.69, 9.17) is 17.3 Å². The largest absolute Gasteiger partial charge is 0.337 e. The van der Waals surface area contributed by atoms with Crippen molar-refractivity contribution in [3.63, 3.8) is 0 Å². The van der Waals surface area contributed by atoms with Crippen molar-refractivity contribution in [3.8, 4) is 0 Å². The Morgan fingerprint density at radius 1 is 1.42 bits per heavy atom. The molecule has 1 aromatic rings. The molecule has 0 unspecified atom stereocenters. The number of hydrogen-bond donors (Lipinski definition) is 1. The van der Waals surface area contributed by atoms with Crippen molar-refractivity contribution in [2.45, 2.75) is 39.8 Å². The zero-order valence-electron chi connectivity index (χ0n) is 11.9. The molecule has 0 bridgehead atoms. The first-order valence-electron chi connectivity index (χ1n) is 6.72. The molecule has 0 fully saturated rings. The Morgan fingerprint density at radius 2 is 2.11 bits per heavy atom. The van der Waals surface area contributed by atoms with E-state index < -0.39 is 6.04 Å². The summed E-state index contributed by atoms with van der Waals surface area (Å²) in [5, 5.41) is 0.687. The van der Waals surface area contributed by atoms with Gasteiger partial charge in [0.05, 0.1) is 6.04 Å². The van der Waals surface area contributed by atoms with Crippen LogP contribution in [0.25, 0.3) is 0 Å². The zero-order valence-corrected chi connectivity index (χ0v) is 12.7. The highest BCUT2D eigenvalue weighted by atomic mass is 35.5. The van der Waals surface area contributed by atoms with Crippen molar-refractivity contribution in [2.24, 2.45) is 11.7 Å². The summed E-state index contributed by atoms with van der Waals surface area (Å²) in [6.07, 6.45) is 0.713. The summed E-state index contributed by atoms with van der Waals surface area (Å²) < 4.78 is 0. The molecule has 0 heterocycles. The monoisotopic (exact) mass is 282 g/mol. The summed E-state index contributed by atoms with van der Waals surface area (Å²) in [7, 11) is 0. The summed E-state index contributed by atoms with van der Waals surface area (Å²) in [5.41, 5.74) is 6.99. The lowest BCUT2D eigenvalue weighted by Gasteiger charge is -2.25. The number of halogens is 1. The molecule has 1 rings (SSSR count). The Bertz CT molecular complexity index is 420. The Kier molecular flexibility index (Phi) is 6.32. The van der Waals surface area contributed by atoms with E-state index in [1.54, 1.807) is 4.90 Å². The Balaban J connectivity index is 2.70. The first-order valence-corrected chi connectivity index (χ1v) is 7.10. The van der Waals surface area contributed by atoms with Gasteiger partial charge in [0.2, 0.25) is 5.91 Å². The average Bonchev–Trinajstić information content (AvgIpc) is 2.34. The van der Waals surface area contributed by atoms with Crippen LogP contribution in [0.4, 0.5) is 0 Å². The Labute approximate surface area is 120 Å². The summed E-state index contributed by atoms with van der Waals surface area (Å²) in [6, 6.07) is 7.15. The number of carbonyl (C=O) groups excluding carboxylic acids is 1. The van der Waals surface area contributed by atoms with Gasteiger partial charge in [0.15, 0.2) is 0 Å². The molecular weight excluding hydrogens is 260 g/mol. The van der Waals surface area contributed by atoms with Crippen LogP contribution in [-0.2, 0) is 11.3 Å². The fraction of sp³-hybridized carbons (Fsp3) is 0.533. The topological polar surface area (TPSA) is 46.3 Å². The molecule has 1 amide bonds. The first-order chi connectivity index (χ1) is 8.93. The molecule has 3 nitrogen and oxygen atoms in total. The Morgan fingerprint density at radius 3 is 2.63 bits per heavy atom. The molecule has 0 saturated carbocycles. The SMILES string of the molecule is CCN(Cc1cccc(Cl)c1)C(=O)[C@H](N)CC(C)C. The van der Waals surface area contributed by atoms with Crippen LogP contribution in [0.1, 0.15) is 32.8 Å². The van der Waals surface area contributed by atoms with Gasteiger partial charge in [-0.1, -0.05) is 37.6 Å². The highest BCUT2D eigenvalue weighted by Gasteiger charge is 2.20. The normalized spacial score (nSPS) is 12.5. The standard InChI is InChI=1S/C15H23ClN2O/c1-4-18(15(19)14(17)8-11(2)3)10-12-6-5-7-13(16)9-12/h5-7,9,11,14H,4,8,10,17H2,1-3H3/t14-/m1/s1. The number of rotatable bonds is 6. The van der Waals surface area contributed by atoms with Gasteiger partial charge in [-0.15, -0.1) is 0 Å². The van der Waals surface area contributed by atoms with Crippen molar-refractivity contribution >= 4 is 17.5 Å². The number of likely N-dealkylation sites (N-methyl/N-ethyl adjacent to an activating group) is 1. The maximum Gasteiger partial charge on any atom is 0.239 e. The molecule has 0 spiro atoms. The van der Waals surface area contributed by atoms with Gasteiger partial charge in [-0.25, -0.2) is 0 Å². The lowest BCUT2D eigenvalue weighted by atomic mass is 10.0. The van der Waals surface area contributed by atoms with E-state index in [0.717, 1.165) is 5.56 Å². The van der Waals surface area contributed by atoms with E-state index in [-0.39, 0.29) is 5.91 Å². The van der Waals surface area contributed by atoms with Crippen LogP contribution in [0.3, 0.4) is 0 Å². The summed E-state index contributed by atoms with van der Waals surface area (Å²) in [4.78, 5) is 14.0. The molecule has 0 aromatic heterocycles. The Hall–Kier alpha value is -1.06. The van der Waals surface area contributed by atoms with Crippen molar-refractivity contribution < 1.29 is 4.79 Å². The van der Waals surface area contributed by atoms with Gasteiger partial charge >= 0.3 is 0 Å². The third kappa shape index (κ3) is 5.21. The molecule has 1 atom stereocenters. The smallest absolute Gasteiger partial charge is 0.239 e. The fourth-order valence-corrected chi connectivity index (χ4v) is 2.26. The number of nitrogens with zero attached hydrogens (tertiary/aromatic N) is 1. The van der Waals surface area contributed by atoms with Gasteiger partial charge in [0, 0.05) is 18.1 Å². The van der Waals surface area contributed by atoms with Crippen molar-refractivity contribution in [3.05, 3.63) is 34.9 Å². The van der Waals surface area contributed by atoms with Crippen LogP contribution in [0, 0.1) is 5.92 Å². The van der Waals surface area contributed by atoms with Crippen LogP contribution in [0.5, 0.6) is 0 Å². The number of carbonyl (C=O) groups is 1. The number of benzene rings is 1. The van der Waals surface area contributed by atoms with Crippen LogP contribution in [0.15, 0.2) is 24.3 Å². The second kappa shape index (κ2) is 7.51. The molecule has 0 saturated heterocycles. The van der Waals surface area contributed by atoms with Gasteiger partial charge in [-0.05, 0) is 37.0 Å². The molecule has 0 radical (unpaired) electrons. The van der Waals surface area contributed by atoms with E-state index >= 15 is 0 Å². The van der Waals surface area contributed by atoms with Crippen LogP contribution >= 0.6 is 11.6 Å². The highest BCUT2D eigenvalue weighted by molar-refractivity contribution is 6.30. The van der Waals surface area contributed by atoms with Crippen molar-refractivity contribution in [2.75, 3.05) is 6.54 Å². The maximum absolute atomic E-state index is 12.3. The highest BCUT2D eigenvalue weighted by Crippen LogP contribution is 2.14. The summed E-state index contributed by atoms with van der Waals surface area (Å²) >= 11 is 5.95. The van der Waals surface area contributed by atoms with E-state index in [9.17, 15) is 4.79 Å². The number of amides is 1. The van der Waals surface area contributed by atoms with E-state index in [0.29, 0.717) is 30.5 Å². The van der Waals surface area contributed by atoms with Gasteiger partial charge in [-0.2, -0.15) is 0 Å². The number of hydrogen-bond acceptors (Lipinski definition) is 2. The first kappa shape index (κ1) is 16.0. The van der Waals surface area contributed by atoms with Crippen molar-refractivity contribution in [1.82, 2.24) is 4.90 Å². The number of nitrogens with two attached hydrogens (primary N) is 1. The third-order valence-corrected chi connectivity index (χ3v) is 3.23.